The van der Waals surface area contributed by atoms with Gasteiger partial charge in [0.05, 0.1) is 18.2 Å². The normalized spacial score (nSPS) is 10.5. The molecule has 7 nitrogen and oxygen atoms in total. The molecule has 0 radical (unpaired) electrons. The van der Waals surface area contributed by atoms with E-state index in [0.717, 1.165) is 6.20 Å². The smallest absolute Gasteiger partial charge is 0.350 e. The Balaban J connectivity index is 2.91. The van der Waals surface area contributed by atoms with Gasteiger partial charge in [0.1, 0.15) is 12.6 Å². The largest absolute Gasteiger partial charge is 0.462 e. The van der Waals surface area contributed by atoms with Crippen molar-refractivity contribution in [3.63, 3.8) is 0 Å². The van der Waals surface area contributed by atoms with Crippen LogP contribution in [0.1, 0.15) is 6.92 Å². The summed E-state index contributed by atoms with van der Waals surface area (Å²) in [5.74, 6) is -1.16. The maximum Gasteiger partial charge on any atom is 0.350 e. The molecule has 7 heteroatoms. The molecule has 1 aromatic rings. The number of nitriles is 1. The van der Waals surface area contributed by atoms with E-state index in [0.29, 0.717) is 5.36 Å². The zero-order valence-electron chi connectivity index (χ0n) is 10.9. The summed E-state index contributed by atoms with van der Waals surface area (Å²) in [6.07, 6.45) is 4.38. The van der Waals surface area contributed by atoms with Gasteiger partial charge in [0, 0.05) is 12.4 Å². The van der Waals surface area contributed by atoms with Crippen LogP contribution in [0, 0.1) is 11.3 Å². The first-order valence-corrected chi connectivity index (χ1v) is 5.82. The fourth-order valence-electron chi connectivity index (χ4n) is 1.30. The Kier molecular flexibility index (Phi) is 5.72. The van der Waals surface area contributed by atoms with E-state index in [1.54, 1.807) is 42.1 Å². The summed E-state index contributed by atoms with van der Waals surface area (Å²) >= 11 is 0. The molecule has 1 rings (SSSR count). The Morgan fingerprint density at radius 2 is 2.15 bits per heavy atom. The minimum atomic E-state index is -0.710. The van der Waals surface area contributed by atoms with Crippen molar-refractivity contribution in [3.8, 4) is 6.07 Å². The molecule has 20 heavy (non-hydrogen) atoms. The molecule has 0 bridgehead atoms. The number of nitrogens with zero attached hydrogens (tertiary/aromatic N) is 3. The number of hydrogen-bond donors (Lipinski definition) is 1. The Bertz CT molecular complexity index is 617. The molecule has 0 aliphatic heterocycles. The van der Waals surface area contributed by atoms with Crippen molar-refractivity contribution in [3.05, 3.63) is 41.7 Å². The topological polar surface area (TPSA) is 110 Å². The van der Waals surface area contributed by atoms with Gasteiger partial charge in [0.2, 0.25) is 5.91 Å². The van der Waals surface area contributed by atoms with Gasteiger partial charge in [-0.1, -0.05) is 0 Å². The molecule has 0 saturated heterocycles. The molecule has 104 valence electrons. The van der Waals surface area contributed by atoms with Crippen molar-refractivity contribution in [2.75, 3.05) is 6.61 Å². The van der Waals surface area contributed by atoms with Crippen LogP contribution in [0.25, 0.3) is 0 Å². The van der Waals surface area contributed by atoms with Gasteiger partial charge in [0.15, 0.2) is 5.57 Å². The third kappa shape index (κ3) is 4.78. The molecule has 2 N–H and O–H groups in total. The number of amides is 1. The van der Waals surface area contributed by atoms with E-state index in [-0.39, 0.29) is 18.7 Å². The highest BCUT2D eigenvalue weighted by Gasteiger charge is 2.08. The van der Waals surface area contributed by atoms with Crippen LogP contribution in [0.5, 0.6) is 0 Å². The summed E-state index contributed by atoms with van der Waals surface area (Å²) in [6.45, 7) is 1.91. The van der Waals surface area contributed by atoms with Crippen LogP contribution in [0.3, 0.4) is 0 Å². The van der Waals surface area contributed by atoms with E-state index >= 15 is 0 Å². The lowest BCUT2D eigenvalue weighted by atomic mass is 10.3. The van der Waals surface area contributed by atoms with Crippen molar-refractivity contribution in [2.24, 2.45) is 10.7 Å². The molecule has 0 aliphatic carbocycles. The number of ether oxygens (including phenoxy) is 1. The molecule has 1 aromatic heterocycles. The molecule has 0 aromatic carbocycles. The Morgan fingerprint density at radius 3 is 2.65 bits per heavy atom. The highest BCUT2D eigenvalue weighted by atomic mass is 16.5. The van der Waals surface area contributed by atoms with Gasteiger partial charge in [-0.05, 0) is 19.1 Å². The first-order chi connectivity index (χ1) is 9.56. The van der Waals surface area contributed by atoms with Gasteiger partial charge in [-0.3, -0.25) is 9.79 Å². The van der Waals surface area contributed by atoms with E-state index in [2.05, 4.69) is 4.99 Å². The Hall–Kier alpha value is -2.88. The van der Waals surface area contributed by atoms with Crippen LogP contribution in [-0.2, 0) is 20.9 Å². The highest BCUT2D eigenvalue weighted by Crippen LogP contribution is 1.96. The van der Waals surface area contributed by atoms with E-state index in [1.807, 2.05) is 0 Å². The van der Waals surface area contributed by atoms with E-state index in [4.69, 9.17) is 15.7 Å². The Labute approximate surface area is 115 Å². The second-order valence-corrected chi connectivity index (χ2v) is 3.70. The number of carbonyl (C=O) groups is 2. The van der Waals surface area contributed by atoms with E-state index < -0.39 is 11.9 Å². The van der Waals surface area contributed by atoms with Gasteiger partial charge < -0.3 is 15.0 Å². The lowest BCUT2D eigenvalue weighted by Crippen LogP contribution is -2.19. The van der Waals surface area contributed by atoms with Crippen molar-refractivity contribution in [1.82, 2.24) is 4.57 Å². The summed E-state index contributed by atoms with van der Waals surface area (Å²) in [7, 11) is 0. The zero-order chi connectivity index (χ0) is 15.0. The van der Waals surface area contributed by atoms with Crippen molar-refractivity contribution < 1.29 is 14.3 Å². The summed E-state index contributed by atoms with van der Waals surface area (Å²) in [5, 5.41) is 9.34. The van der Waals surface area contributed by atoms with Gasteiger partial charge in [-0.25, -0.2) is 4.79 Å². The number of nitrogens with two attached hydrogens (primary N) is 1. The molecule has 1 heterocycles. The van der Waals surface area contributed by atoms with Crippen molar-refractivity contribution in [1.29, 1.82) is 5.26 Å². The molecule has 0 fully saturated rings. The zero-order valence-corrected chi connectivity index (χ0v) is 10.9. The van der Waals surface area contributed by atoms with E-state index in [9.17, 15) is 9.59 Å². The molecule has 0 atom stereocenters. The monoisotopic (exact) mass is 274 g/mol. The third-order valence-corrected chi connectivity index (χ3v) is 2.17. The number of pyridine rings is 1. The summed E-state index contributed by atoms with van der Waals surface area (Å²) < 4.78 is 6.29. The van der Waals surface area contributed by atoms with Crippen LogP contribution in [0.15, 0.2) is 41.3 Å². The number of esters is 1. The quantitative estimate of drug-likeness (QED) is 0.457. The lowest BCUT2D eigenvalue weighted by molar-refractivity contribution is -0.138. The van der Waals surface area contributed by atoms with Crippen LogP contribution >= 0.6 is 0 Å². The average Bonchev–Trinajstić information content (AvgIpc) is 2.41. The molecule has 0 saturated carbocycles. The van der Waals surface area contributed by atoms with Crippen LogP contribution in [0.2, 0.25) is 0 Å². The number of hydrogen-bond acceptors (Lipinski definition) is 5. The molecular formula is C13H14N4O3. The second kappa shape index (κ2) is 7.53. The summed E-state index contributed by atoms with van der Waals surface area (Å²) in [4.78, 5) is 26.1. The van der Waals surface area contributed by atoms with E-state index in [1.165, 1.54) is 0 Å². The van der Waals surface area contributed by atoms with Gasteiger partial charge in [-0.2, -0.15) is 5.26 Å². The predicted molar refractivity (Wildman–Crippen MR) is 69.5 cm³/mol. The maximum atomic E-state index is 11.3. The first-order valence-electron chi connectivity index (χ1n) is 5.82. The minimum absolute atomic E-state index is 0.0718. The van der Waals surface area contributed by atoms with Crippen LogP contribution < -0.4 is 11.1 Å². The SMILES string of the molecule is CCOC(=O)C(C#N)=CN=c1ccn(CC(N)=O)cc1. The second-order valence-electron chi connectivity index (χ2n) is 3.70. The predicted octanol–water partition coefficient (Wildman–Crippen LogP) is -0.155. The third-order valence-electron chi connectivity index (χ3n) is 2.17. The molecule has 0 spiro atoms. The van der Waals surface area contributed by atoms with Crippen LogP contribution in [-0.4, -0.2) is 23.1 Å². The van der Waals surface area contributed by atoms with Gasteiger partial charge in [0.25, 0.3) is 0 Å². The number of primary amides is 1. The fourth-order valence-corrected chi connectivity index (χ4v) is 1.30. The summed E-state index contributed by atoms with van der Waals surface area (Å²) in [6, 6.07) is 4.97. The first kappa shape index (κ1) is 15.2. The number of rotatable bonds is 5. The highest BCUT2D eigenvalue weighted by molar-refractivity contribution is 5.92. The molecular weight excluding hydrogens is 260 g/mol. The van der Waals surface area contributed by atoms with Crippen LogP contribution in [0.4, 0.5) is 0 Å². The summed E-state index contributed by atoms with van der Waals surface area (Å²) in [5.41, 5.74) is 4.88. The van der Waals surface area contributed by atoms with Gasteiger partial charge in [-0.15, -0.1) is 0 Å². The fraction of sp³-hybridized carbons (Fsp3) is 0.231. The molecule has 0 unspecified atom stereocenters. The molecule has 1 amide bonds. The minimum Gasteiger partial charge on any atom is -0.462 e. The Morgan fingerprint density at radius 1 is 1.50 bits per heavy atom. The maximum absolute atomic E-state index is 11.3. The standard InChI is InChI=1S/C13H14N4O3/c1-2-20-13(19)10(7-14)8-16-11-3-5-17(6-4-11)9-12(15)18/h3-6,8H,2,9H2,1H3,(H2,15,18). The van der Waals surface area contributed by atoms with Crippen molar-refractivity contribution >= 4 is 11.9 Å². The van der Waals surface area contributed by atoms with Crippen molar-refractivity contribution in [2.45, 2.75) is 13.5 Å². The number of aromatic nitrogens is 1. The molecule has 0 aliphatic rings. The lowest BCUT2D eigenvalue weighted by Gasteiger charge is -2.01. The van der Waals surface area contributed by atoms with Gasteiger partial charge >= 0.3 is 5.97 Å². The average molecular weight is 274 g/mol. The number of carbonyl (C=O) groups excluding carboxylic acids is 2.